The highest BCUT2D eigenvalue weighted by atomic mass is 32.2. The third-order valence-corrected chi connectivity index (χ3v) is 6.48. The van der Waals surface area contributed by atoms with Crippen molar-refractivity contribution in [3.05, 3.63) is 54.5 Å². The van der Waals surface area contributed by atoms with E-state index in [0.717, 1.165) is 0 Å². The average molecular weight is 405 g/mol. The summed E-state index contributed by atoms with van der Waals surface area (Å²) < 4.78 is 31.9. The molecule has 0 radical (unpaired) electrons. The van der Waals surface area contributed by atoms with Crippen LogP contribution >= 0.6 is 0 Å². The van der Waals surface area contributed by atoms with E-state index in [-0.39, 0.29) is 36.3 Å². The van der Waals surface area contributed by atoms with Gasteiger partial charge in [-0.15, -0.1) is 0 Å². The van der Waals surface area contributed by atoms with Crippen molar-refractivity contribution in [3.8, 4) is 0 Å². The molecule has 1 aliphatic rings. The maximum absolute atomic E-state index is 12.7. The molecule has 2 N–H and O–H groups in total. The molecule has 150 valence electrons. The lowest BCUT2D eigenvalue weighted by molar-refractivity contribution is -0.129. The van der Waals surface area contributed by atoms with Crippen molar-refractivity contribution in [2.45, 2.75) is 24.3 Å². The molecule has 0 aliphatic carbocycles. The number of sulfonamides is 1. The highest BCUT2D eigenvalue weighted by Crippen LogP contribution is 2.23. The van der Waals surface area contributed by atoms with Crippen LogP contribution < -0.4 is 10.6 Å². The van der Waals surface area contributed by atoms with Crippen LogP contribution in [-0.2, 0) is 26.2 Å². The Morgan fingerprint density at radius 2 is 1.89 bits per heavy atom. The summed E-state index contributed by atoms with van der Waals surface area (Å²) in [6.07, 6.45) is 2.69. The number of hydrogen-bond donors (Lipinski definition) is 2. The van der Waals surface area contributed by atoms with Gasteiger partial charge in [-0.05, 0) is 37.1 Å². The molecule has 2 amide bonds. The fourth-order valence-corrected chi connectivity index (χ4v) is 4.63. The van der Waals surface area contributed by atoms with Crippen LogP contribution in [0.1, 0.15) is 18.6 Å². The van der Waals surface area contributed by atoms with Gasteiger partial charge in [0, 0.05) is 13.1 Å². The number of rotatable bonds is 7. The number of amides is 2. The van der Waals surface area contributed by atoms with Gasteiger partial charge in [0.15, 0.2) is 0 Å². The van der Waals surface area contributed by atoms with Crippen molar-refractivity contribution >= 4 is 21.8 Å². The molecule has 1 saturated heterocycles. The Hall–Kier alpha value is -2.65. The fourth-order valence-electron chi connectivity index (χ4n) is 3.09. The Morgan fingerprint density at radius 1 is 1.11 bits per heavy atom. The van der Waals surface area contributed by atoms with Gasteiger partial charge >= 0.3 is 0 Å². The average Bonchev–Trinajstić information content (AvgIpc) is 3.25. The number of nitrogens with one attached hydrogen (secondary N) is 2. The van der Waals surface area contributed by atoms with E-state index in [1.165, 1.54) is 10.6 Å². The van der Waals surface area contributed by atoms with Crippen LogP contribution in [-0.4, -0.2) is 44.2 Å². The molecule has 1 fully saturated rings. The minimum Gasteiger partial charge on any atom is -0.467 e. The quantitative estimate of drug-likeness (QED) is 0.717. The zero-order chi connectivity index (χ0) is 20.0. The zero-order valence-electron chi connectivity index (χ0n) is 15.3. The Kier molecular flexibility index (Phi) is 6.48. The molecule has 1 aromatic carbocycles. The lowest BCUT2D eigenvalue weighted by Crippen LogP contribution is -2.47. The van der Waals surface area contributed by atoms with Gasteiger partial charge in [-0.2, -0.15) is 4.31 Å². The van der Waals surface area contributed by atoms with Crippen LogP contribution in [0.2, 0.25) is 0 Å². The number of furan rings is 1. The van der Waals surface area contributed by atoms with Gasteiger partial charge in [-0.1, -0.05) is 18.2 Å². The van der Waals surface area contributed by atoms with E-state index in [1.807, 2.05) is 0 Å². The highest BCUT2D eigenvalue weighted by Gasteiger charge is 2.33. The van der Waals surface area contributed by atoms with E-state index in [9.17, 15) is 18.0 Å². The third kappa shape index (κ3) is 4.99. The van der Waals surface area contributed by atoms with Crippen LogP contribution in [0, 0.1) is 5.92 Å². The highest BCUT2D eigenvalue weighted by molar-refractivity contribution is 7.89. The van der Waals surface area contributed by atoms with Crippen LogP contribution in [0.3, 0.4) is 0 Å². The van der Waals surface area contributed by atoms with Crippen molar-refractivity contribution in [1.82, 2.24) is 14.9 Å². The van der Waals surface area contributed by atoms with E-state index in [0.29, 0.717) is 25.1 Å². The molecule has 0 bridgehead atoms. The van der Waals surface area contributed by atoms with Crippen molar-refractivity contribution in [2.24, 2.45) is 5.92 Å². The molecule has 1 atom stereocenters. The monoisotopic (exact) mass is 405 g/mol. The lowest BCUT2D eigenvalue weighted by Gasteiger charge is -2.31. The van der Waals surface area contributed by atoms with Crippen molar-refractivity contribution in [1.29, 1.82) is 0 Å². The SMILES string of the molecule is O=C(CNC(=O)[C@@H]1CCCN(S(=O)(=O)c2ccccc2)C1)NCc1ccco1. The minimum atomic E-state index is -3.63. The molecule has 2 heterocycles. The molecule has 9 heteroatoms. The fraction of sp³-hybridized carbons (Fsp3) is 0.368. The molecule has 0 unspecified atom stereocenters. The molecule has 0 spiro atoms. The number of hydrogen-bond acceptors (Lipinski definition) is 5. The molecular formula is C19H23N3O5S. The maximum atomic E-state index is 12.7. The topological polar surface area (TPSA) is 109 Å². The molecular weight excluding hydrogens is 382 g/mol. The van der Waals surface area contributed by atoms with E-state index >= 15 is 0 Å². The normalized spacial score (nSPS) is 17.8. The number of carbonyl (C=O) groups excluding carboxylic acids is 2. The second-order valence-corrected chi connectivity index (χ2v) is 8.53. The van der Waals surface area contributed by atoms with Crippen LogP contribution in [0.15, 0.2) is 58.0 Å². The summed E-state index contributed by atoms with van der Waals surface area (Å²) in [5.41, 5.74) is 0. The number of piperidine rings is 1. The van der Waals surface area contributed by atoms with Gasteiger partial charge in [0.25, 0.3) is 0 Å². The Balaban J connectivity index is 1.51. The minimum absolute atomic E-state index is 0.108. The number of benzene rings is 1. The van der Waals surface area contributed by atoms with Gasteiger partial charge in [-0.3, -0.25) is 9.59 Å². The van der Waals surface area contributed by atoms with Crippen molar-refractivity contribution < 1.29 is 22.4 Å². The van der Waals surface area contributed by atoms with Gasteiger partial charge < -0.3 is 15.1 Å². The molecule has 0 saturated carbocycles. The van der Waals surface area contributed by atoms with Crippen molar-refractivity contribution in [3.63, 3.8) is 0 Å². The Labute approximate surface area is 164 Å². The van der Waals surface area contributed by atoms with Crippen molar-refractivity contribution in [2.75, 3.05) is 19.6 Å². The predicted molar refractivity (Wildman–Crippen MR) is 101 cm³/mol. The van der Waals surface area contributed by atoms with Crippen LogP contribution in [0.5, 0.6) is 0 Å². The predicted octanol–water partition coefficient (Wildman–Crippen LogP) is 1.11. The standard InChI is InChI=1S/C19H23N3O5S/c23-18(20-12-16-7-5-11-27-16)13-21-19(24)15-6-4-10-22(14-15)28(25,26)17-8-2-1-3-9-17/h1-3,5,7-9,11,15H,4,6,10,12-14H2,(H,20,23)(H,21,24)/t15-/m1/s1. The van der Waals surface area contributed by atoms with Gasteiger partial charge in [0.2, 0.25) is 21.8 Å². The first-order chi connectivity index (χ1) is 13.5. The second-order valence-electron chi connectivity index (χ2n) is 6.59. The first kappa shape index (κ1) is 20.1. The Bertz CT molecular complexity index is 897. The largest absolute Gasteiger partial charge is 0.467 e. The molecule has 2 aromatic rings. The summed E-state index contributed by atoms with van der Waals surface area (Å²) in [5, 5.41) is 5.24. The van der Waals surface area contributed by atoms with E-state index in [4.69, 9.17) is 4.42 Å². The third-order valence-electron chi connectivity index (χ3n) is 4.60. The summed E-state index contributed by atoms with van der Waals surface area (Å²) in [7, 11) is -3.63. The summed E-state index contributed by atoms with van der Waals surface area (Å²) in [4.78, 5) is 24.5. The second kappa shape index (κ2) is 9.03. The van der Waals surface area contributed by atoms with Gasteiger partial charge in [0.05, 0.1) is 30.2 Å². The smallest absolute Gasteiger partial charge is 0.243 e. The molecule has 1 aliphatic heterocycles. The summed E-state index contributed by atoms with van der Waals surface area (Å²) in [5.74, 6) is -0.519. The van der Waals surface area contributed by atoms with E-state index < -0.39 is 15.9 Å². The van der Waals surface area contributed by atoms with E-state index in [2.05, 4.69) is 10.6 Å². The number of carbonyl (C=O) groups is 2. The molecule has 1 aromatic heterocycles. The van der Waals surface area contributed by atoms with Crippen LogP contribution in [0.4, 0.5) is 0 Å². The zero-order valence-corrected chi connectivity index (χ0v) is 16.2. The summed E-state index contributed by atoms with van der Waals surface area (Å²) >= 11 is 0. The molecule has 28 heavy (non-hydrogen) atoms. The van der Waals surface area contributed by atoms with E-state index in [1.54, 1.807) is 42.5 Å². The Morgan fingerprint density at radius 3 is 2.61 bits per heavy atom. The molecule has 3 rings (SSSR count). The summed E-state index contributed by atoms with van der Waals surface area (Å²) in [6, 6.07) is 11.6. The van der Waals surface area contributed by atoms with Gasteiger partial charge in [-0.25, -0.2) is 8.42 Å². The number of nitrogens with zero attached hydrogens (tertiary/aromatic N) is 1. The lowest BCUT2D eigenvalue weighted by atomic mass is 9.99. The molecule has 8 nitrogen and oxygen atoms in total. The first-order valence-electron chi connectivity index (χ1n) is 9.09. The first-order valence-corrected chi connectivity index (χ1v) is 10.5. The van der Waals surface area contributed by atoms with Crippen LogP contribution in [0.25, 0.3) is 0 Å². The summed E-state index contributed by atoms with van der Waals surface area (Å²) in [6.45, 7) is 0.567. The maximum Gasteiger partial charge on any atom is 0.243 e. The van der Waals surface area contributed by atoms with Gasteiger partial charge in [0.1, 0.15) is 5.76 Å².